The fraction of sp³-hybridized carbons (Fsp3) is 0.929. The van der Waals surface area contributed by atoms with Crippen LogP contribution in [0.15, 0.2) is 0 Å². The summed E-state index contributed by atoms with van der Waals surface area (Å²) in [6, 6.07) is 3.45. The van der Waals surface area contributed by atoms with Crippen LogP contribution < -0.4 is 5.32 Å². The van der Waals surface area contributed by atoms with Crippen LogP contribution >= 0.6 is 0 Å². The molecule has 18 heavy (non-hydrogen) atoms. The Morgan fingerprint density at radius 3 is 2.50 bits per heavy atom. The third-order valence-corrected chi connectivity index (χ3v) is 4.39. The summed E-state index contributed by atoms with van der Waals surface area (Å²) in [6.07, 6.45) is 0.868. The molecule has 0 aromatic rings. The zero-order valence-electron chi connectivity index (χ0n) is 12.7. The van der Waals surface area contributed by atoms with Gasteiger partial charge in [0, 0.05) is 25.2 Å². The molecule has 0 amide bonds. The molecule has 0 aliphatic carbocycles. The summed E-state index contributed by atoms with van der Waals surface area (Å²) in [5.41, 5.74) is -0.418. The minimum Gasteiger partial charge on any atom is -0.305 e. The third kappa shape index (κ3) is 3.44. The van der Waals surface area contributed by atoms with Crippen molar-refractivity contribution >= 4 is 0 Å². The maximum Gasteiger partial charge on any atom is 0.105 e. The Hall–Kier alpha value is -0.630. The zero-order chi connectivity index (χ0) is 13.9. The van der Waals surface area contributed by atoms with Crippen molar-refractivity contribution in [3.8, 4) is 6.07 Å². The number of hydrogen-bond acceptors (Lipinski definition) is 4. The lowest BCUT2D eigenvalue weighted by Crippen LogP contribution is -2.45. The number of nitrogens with zero attached hydrogens (tertiary/aromatic N) is 3. The highest BCUT2D eigenvalue weighted by Gasteiger charge is 2.35. The van der Waals surface area contributed by atoms with Crippen LogP contribution in [0.5, 0.6) is 0 Å². The highest BCUT2D eigenvalue weighted by Crippen LogP contribution is 2.25. The van der Waals surface area contributed by atoms with Gasteiger partial charge in [0.15, 0.2) is 0 Å². The molecule has 1 rings (SSSR count). The highest BCUT2D eigenvalue weighted by molar-refractivity contribution is 5.05. The van der Waals surface area contributed by atoms with Gasteiger partial charge in [-0.15, -0.1) is 0 Å². The fourth-order valence-electron chi connectivity index (χ4n) is 2.94. The van der Waals surface area contributed by atoms with Crippen molar-refractivity contribution in [3.63, 3.8) is 0 Å². The Morgan fingerprint density at radius 1 is 1.50 bits per heavy atom. The topological polar surface area (TPSA) is 42.3 Å². The van der Waals surface area contributed by atoms with Crippen LogP contribution in [0, 0.1) is 17.2 Å². The molecule has 0 aromatic heterocycles. The van der Waals surface area contributed by atoms with Gasteiger partial charge in [-0.1, -0.05) is 6.92 Å². The van der Waals surface area contributed by atoms with E-state index >= 15 is 0 Å². The molecule has 104 valence electrons. The van der Waals surface area contributed by atoms with Gasteiger partial charge in [-0.25, -0.2) is 0 Å². The average Bonchev–Trinajstić information content (AvgIpc) is 2.71. The molecule has 4 atom stereocenters. The quantitative estimate of drug-likeness (QED) is 0.797. The average molecular weight is 252 g/mol. The lowest BCUT2D eigenvalue weighted by atomic mass is 9.95. The summed E-state index contributed by atoms with van der Waals surface area (Å²) in [4.78, 5) is 4.83. The first-order valence-electron chi connectivity index (χ1n) is 6.83. The third-order valence-electron chi connectivity index (χ3n) is 4.39. The number of likely N-dealkylation sites (N-methyl/N-ethyl adjacent to an activating group) is 1. The number of nitriles is 1. The van der Waals surface area contributed by atoms with E-state index in [2.05, 4.69) is 49.1 Å². The van der Waals surface area contributed by atoms with Gasteiger partial charge in [-0.2, -0.15) is 5.26 Å². The molecule has 0 spiro atoms. The zero-order valence-corrected chi connectivity index (χ0v) is 12.7. The van der Waals surface area contributed by atoms with E-state index in [1.807, 2.05) is 14.0 Å². The molecular formula is C14H28N4. The van der Waals surface area contributed by atoms with E-state index in [1.165, 1.54) is 0 Å². The van der Waals surface area contributed by atoms with Crippen LogP contribution in [0.25, 0.3) is 0 Å². The van der Waals surface area contributed by atoms with E-state index in [-0.39, 0.29) is 0 Å². The molecule has 1 aliphatic rings. The van der Waals surface area contributed by atoms with E-state index in [9.17, 15) is 5.26 Å². The van der Waals surface area contributed by atoms with Crippen LogP contribution in [0.2, 0.25) is 0 Å². The molecule has 1 aliphatic heterocycles. The largest absolute Gasteiger partial charge is 0.305 e. The molecule has 4 heteroatoms. The molecule has 1 N–H and O–H groups in total. The molecule has 0 radical (unpaired) electrons. The van der Waals surface area contributed by atoms with Gasteiger partial charge in [0.05, 0.1) is 6.07 Å². The fourth-order valence-corrected chi connectivity index (χ4v) is 2.94. The van der Waals surface area contributed by atoms with Gasteiger partial charge in [-0.3, -0.25) is 4.90 Å². The smallest absolute Gasteiger partial charge is 0.105 e. The van der Waals surface area contributed by atoms with E-state index in [4.69, 9.17) is 0 Å². The number of hydrogen-bond donors (Lipinski definition) is 1. The predicted octanol–water partition coefficient (Wildman–Crippen LogP) is 1.15. The van der Waals surface area contributed by atoms with Crippen molar-refractivity contribution < 1.29 is 0 Å². The second kappa shape index (κ2) is 6.01. The summed E-state index contributed by atoms with van der Waals surface area (Å²) in [5, 5.41) is 12.4. The van der Waals surface area contributed by atoms with Crippen LogP contribution in [-0.2, 0) is 0 Å². The number of likely N-dealkylation sites (tertiary alicyclic amines) is 1. The summed E-state index contributed by atoms with van der Waals surface area (Å²) >= 11 is 0. The standard InChI is InChI=1S/C14H28N4/c1-11-8-18(9-13(11)17(5)6)12(2)7-14(3,10-15)16-4/h11-13,16H,7-9H2,1-6H3. The van der Waals surface area contributed by atoms with Crippen LogP contribution in [-0.4, -0.2) is 61.7 Å². The number of rotatable bonds is 5. The minimum atomic E-state index is -0.418. The van der Waals surface area contributed by atoms with Crippen molar-refractivity contribution in [2.24, 2.45) is 5.92 Å². The van der Waals surface area contributed by atoms with Crippen LogP contribution in [0.1, 0.15) is 27.2 Å². The van der Waals surface area contributed by atoms with Crippen molar-refractivity contribution in [1.29, 1.82) is 5.26 Å². The summed E-state index contributed by atoms with van der Waals surface area (Å²) in [7, 11) is 6.18. The molecule has 1 saturated heterocycles. The Kier molecular flexibility index (Phi) is 5.15. The highest BCUT2D eigenvalue weighted by atomic mass is 15.3. The van der Waals surface area contributed by atoms with Gasteiger partial charge in [0.25, 0.3) is 0 Å². The van der Waals surface area contributed by atoms with E-state index in [0.717, 1.165) is 19.5 Å². The van der Waals surface area contributed by atoms with Gasteiger partial charge in [0.1, 0.15) is 5.54 Å². The molecule has 4 unspecified atom stereocenters. The molecular weight excluding hydrogens is 224 g/mol. The normalized spacial score (nSPS) is 30.1. The molecule has 0 aromatic carbocycles. The summed E-state index contributed by atoms with van der Waals surface area (Å²) < 4.78 is 0. The maximum absolute atomic E-state index is 9.23. The Labute approximate surface area is 112 Å². The van der Waals surface area contributed by atoms with Crippen LogP contribution in [0.3, 0.4) is 0 Å². The SMILES string of the molecule is CNC(C)(C#N)CC(C)N1CC(C)C(N(C)C)C1. The van der Waals surface area contributed by atoms with Gasteiger partial charge in [0.2, 0.25) is 0 Å². The molecule has 1 heterocycles. The molecule has 0 bridgehead atoms. The van der Waals surface area contributed by atoms with Crippen molar-refractivity contribution in [2.75, 3.05) is 34.2 Å². The minimum absolute atomic E-state index is 0.418. The molecule has 4 nitrogen and oxygen atoms in total. The summed E-state index contributed by atoms with van der Waals surface area (Å²) in [5.74, 6) is 0.699. The van der Waals surface area contributed by atoms with E-state index in [0.29, 0.717) is 18.0 Å². The second-order valence-electron chi connectivity index (χ2n) is 6.21. The Balaban J connectivity index is 2.60. The molecule has 0 saturated carbocycles. The van der Waals surface area contributed by atoms with Gasteiger partial charge >= 0.3 is 0 Å². The van der Waals surface area contributed by atoms with Crippen molar-refractivity contribution in [2.45, 2.75) is 44.8 Å². The summed E-state index contributed by atoms with van der Waals surface area (Å²) in [6.45, 7) is 8.78. The first-order chi connectivity index (χ1) is 8.33. The molecule has 1 fully saturated rings. The monoisotopic (exact) mass is 252 g/mol. The van der Waals surface area contributed by atoms with E-state index in [1.54, 1.807) is 0 Å². The van der Waals surface area contributed by atoms with Crippen molar-refractivity contribution in [1.82, 2.24) is 15.1 Å². The lowest BCUT2D eigenvalue weighted by Gasteiger charge is -2.31. The maximum atomic E-state index is 9.23. The van der Waals surface area contributed by atoms with Gasteiger partial charge < -0.3 is 10.2 Å². The Bertz CT molecular complexity index is 309. The Morgan fingerprint density at radius 2 is 2.11 bits per heavy atom. The number of nitrogens with one attached hydrogen (secondary N) is 1. The van der Waals surface area contributed by atoms with E-state index < -0.39 is 5.54 Å². The first kappa shape index (κ1) is 15.4. The van der Waals surface area contributed by atoms with Gasteiger partial charge in [-0.05, 0) is 47.3 Å². The van der Waals surface area contributed by atoms with Crippen LogP contribution in [0.4, 0.5) is 0 Å². The lowest BCUT2D eigenvalue weighted by molar-refractivity contribution is 0.197. The van der Waals surface area contributed by atoms with Crippen molar-refractivity contribution in [3.05, 3.63) is 0 Å². The second-order valence-corrected chi connectivity index (χ2v) is 6.21. The first-order valence-corrected chi connectivity index (χ1v) is 6.83. The predicted molar refractivity (Wildman–Crippen MR) is 75.4 cm³/mol.